The zero-order valence-electron chi connectivity index (χ0n) is 3.53. The number of carboxylic acid groups (broad SMARTS) is 1. The minimum Gasteiger partial charge on any atom is -0.542 e. The van der Waals surface area contributed by atoms with Gasteiger partial charge in [0.1, 0.15) is 5.97 Å². The fraction of sp³-hybridized carbons (Fsp3) is 0.500. The van der Waals surface area contributed by atoms with E-state index in [1.54, 1.807) is 0 Å². The van der Waals surface area contributed by atoms with Gasteiger partial charge in [0.15, 0.2) is 0 Å². The van der Waals surface area contributed by atoms with Crippen LogP contribution >= 0.6 is 0 Å². The van der Waals surface area contributed by atoms with Gasteiger partial charge in [-0.2, -0.15) is 13.2 Å². The first kappa shape index (κ1) is 11.0. The first-order valence-corrected chi connectivity index (χ1v) is 1.23. The topological polar surface area (TPSA) is 40.1 Å². The van der Waals surface area contributed by atoms with Crippen LogP contribution < -0.4 is 5.11 Å². The summed E-state index contributed by atoms with van der Waals surface area (Å²) in [7, 11) is 0. The number of carbonyl (C=O) groups is 1. The number of aliphatic carboxylic acids is 1. The van der Waals surface area contributed by atoms with E-state index in [1.807, 2.05) is 0 Å². The summed E-state index contributed by atoms with van der Waals surface area (Å²) >= 11 is 0. The fourth-order valence-corrected chi connectivity index (χ4v) is 0. The summed E-state index contributed by atoms with van der Waals surface area (Å²) in [6.07, 6.45) is -5.19. The Hall–Kier alpha value is 0.182. The van der Waals surface area contributed by atoms with Crippen LogP contribution in [0.1, 0.15) is 0 Å². The Balaban J connectivity index is 0. The Morgan fingerprint density at radius 2 is 1.50 bits per heavy atom. The molecule has 0 aromatic rings. The van der Waals surface area contributed by atoms with E-state index in [4.69, 9.17) is 9.90 Å². The van der Waals surface area contributed by atoms with Crippen molar-refractivity contribution in [3.63, 3.8) is 0 Å². The van der Waals surface area contributed by atoms with Crippen molar-refractivity contribution < 1.29 is 23.1 Å². The maximum Gasteiger partial charge on any atom is 1.00 e. The van der Waals surface area contributed by atoms with Gasteiger partial charge in [-0.05, 0) is 0 Å². The third-order valence-corrected chi connectivity index (χ3v) is 0.231. The van der Waals surface area contributed by atoms with Crippen molar-refractivity contribution >= 4 is 33.3 Å². The van der Waals surface area contributed by atoms with E-state index in [0.29, 0.717) is 0 Å². The Morgan fingerprint density at radius 1 is 1.38 bits per heavy atom. The molecule has 0 N–H and O–H groups in total. The molecule has 44 valence electrons. The summed E-state index contributed by atoms with van der Waals surface area (Å²) < 4.78 is 31.5. The molecule has 0 aromatic carbocycles. The molecule has 0 fully saturated rings. The van der Waals surface area contributed by atoms with E-state index in [-0.39, 0.29) is 27.3 Å². The van der Waals surface area contributed by atoms with E-state index in [9.17, 15) is 13.2 Å². The zero-order chi connectivity index (χ0) is 6.08. The smallest absolute Gasteiger partial charge is 0.542 e. The van der Waals surface area contributed by atoms with Gasteiger partial charge in [0.2, 0.25) is 0 Å². The van der Waals surface area contributed by atoms with Crippen LogP contribution in [-0.4, -0.2) is 39.4 Å². The normalized spacial score (nSPS) is 9.88. The van der Waals surface area contributed by atoms with Crippen LogP contribution in [0.3, 0.4) is 0 Å². The first-order chi connectivity index (χ1) is 2.94. The van der Waals surface area contributed by atoms with Crippen LogP contribution in [0.4, 0.5) is 13.2 Å². The molecule has 0 bridgehead atoms. The van der Waals surface area contributed by atoms with Crippen LogP contribution in [0.15, 0.2) is 0 Å². The third kappa shape index (κ3) is 4.34. The standard InChI is InChI=1S/C2HF3O2.Tl/c3-2(4,5)1(6)7;/h(H,6,7);/q;+1/p-1. The van der Waals surface area contributed by atoms with Gasteiger partial charge in [-0.15, -0.1) is 0 Å². The predicted octanol–water partition coefficient (Wildman–Crippen LogP) is -1.08. The van der Waals surface area contributed by atoms with Gasteiger partial charge in [0.25, 0.3) is 0 Å². The maximum absolute atomic E-state index is 10.5. The van der Waals surface area contributed by atoms with Gasteiger partial charge in [0, 0.05) is 0 Å². The monoisotopic (exact) mass is 318 g/mol. The molecule has 0 rings (SSSR count). The van der Waals surface area contributed by atoms with Crippen LogP contribution in [0.25, 0.3) is 0 Å². The van der Waals surface area contributed by atoms with E-state index < -0.39 is 12.1 Å². The quantitative estimate of drug-likeness (QED) is 0.533. The molecule has 0 unspecified atom stereocenters. The average Bonchev–Trinajstić information content (AvgIpc) is 1.31. The molecule has 6 heteroatoms. The predicted molar refractivity (Wildman–Crippen MR) is 16.8 cm³/mol. The molecule has 2 nitrogen and oxygen atoms in total. The van der Waals surface area contributed by atoms with Crippen molar-refractivity contribution in [2.75, 3.05) is 0 Å². The molecule has 8 heavy (non-hydrogen) atoms. The Kier molecular flexibility index (Phi) is 4.49. The van der Waals surface area contributed by atoms with Crippen molar-refractivity contribution in [1.29, 1.82) is 0 Å². The molecule has 0 radical (unpaired) electrons. The summed E-state index contributed by atoms with van der Waals surface area (Å²) in [5, 5.41) is 8.78. The summed E-state index contributed by atoms with van der Waals surface area (Å²) in [6.45, 7) is 0. The van der Waals surface area contributed by atoms with Gasteiger partial charge in [-0.25, -0.2) is 0 Å². The fourth-order valence-electron chi connectivity index (χ4n) is 0. The summed E-state index contributed by atoms with van der Waals surface area (Å²) in [6, 6.07) is 0. The number of alkyl halides is 3. The molecule has 0 aliphatic heterocycles. The van der Waals surface area contributed by atoms with E-state index in [0.717, 1.165) is 0 Å². The van der Waals surface area contributed by atoms with Crippen molar-refractivity contribution in [2.24, 2.45) is 0 Å². The molecule has 0 spiro atoms. The van der Waals surface area contributed by atoms with Gasteiger partial charge < -0.3 is 9.90 Å². The van der Waals surface area contributed by atoms with E-state index in [1.165, 1.54) is 0 Å². The third-order valence-electron chi connectivity index (χ3n) is 0.231. The largest absolute Gasteiger partial charge is 1.00 e. The molecule has 0 atom stereocenters. The summed E-state index contributed by atoms with van der Waals surface area (Å²) in [5.41, 5.74) is 0. The number of halogens is 3. The number of rotatable bonds is 0. The van der Waals surface area contributed by atoms with Crippen LogP contribution in [0, 0.1) is 0 Å². The molecule has 0 saturated heterocycles. The summed E-state index contributed by atoms with van der Waals surface area (Å²) in [5.74, 6) is -3.01. The molecule has 0 heterocycles. The minimum absolute atomic E-state index is 0. The molecule has 0 aliphatic rings. The van der Waals surface area contributed by atoms with Crippen molar-refractivity contribution in [3.8, 4) is 0 Å². The molecular formula is C2F3O2Tl. The molecule has 0 aliphatic carbocycles. The van der Waals surface area contributed by atoms with Crippen molar-refractivity contribution in [2.45, 2.75) is 6.18 Å². The second-order valence-corrected chi connectivity index (χ2v) is 0.785. The molecule has 0 amide bonds. The first-order valence-electron chi connectivity index (χ1n) is 1.23. The second kappa shape index (κ2) is 3.26. The van der Waals surface area contributed by atoms with Gasteiger partial charge >= 0.3 is 33.5 Å². The van der Waals surface area contributed by atoms with E-state index in [2.05, 4.69) is 0 Å². The number of hydrogen-bond donors (Lipinski definition) is 0. The number of carbonyl (C=O) groups excluding carboxylic acids is 1. The van der Waals surface area contributed by atoms with Gasteiger partial charge in [-0.3, -0.25) is 0 Å². The molecular weight excluding hydrogens is 317 g/mol. The average molecular weight is 317 g/mol. The molecule has 0 saturated carbocycles. The number of hydrogen-bond acceptors (Lipinski definition) is 2. The van der Waals surface area contributed by atoms with Gasteiger partial charge in [0.05, 0.1) is 0 Å². The number of carboxylic acids is 1. The van der Waals surface area contributed by atoms with E-state index >= 15 is 0 Å². The Bertz CT molecular complexity index is 87.8. The van der Waals surface area contributed by atoms with Crippen LogP contribution in [0.5, 0.6) is 0 Å². The Morgan fingerprint density at radius 3 is 1.50 bits per heavy atom. The summed E-state index contributed by atoms with van der Waals surface area (Å²) in [4.78, 5) is 8.78. The molecule has 0 aromatic heterocycles. The maximum atomic E-state index is 10.5. The SMILES string of the molecule is O=C([O-])C(F)(F)F.[Tl+]. The van der Waals surface area contributed by atoms with Crippen molar-refractivity contribution in [1.82, 2.24) is 0 Å². The Labute approximate surface area is 62.8 Å². The van der Waals surface area contributed by atoms with Crippen molar-refractivity contribution in [3.05, 3.63) is 0 Å². The minimum atomic E-state index is -5.19. The van der Waals surface area contributed by atoms with Crippen LogP contribution in [0.2, 0.25) is 0 Å². The second-order valence-electron chi connectivity index (χ2n) is 0.785. The van der Waals surface area contributed by atoms with Crippen LogP contribution in [-0.2, 0) is 4.79 Å². The zero-order valence-corrected chi connectivity index (χ0v) is 8.02. The van der Waals surface area contributed by atoms with Gasteiger partial charge in [-0.1, -0.05) is 0 Å².